The second kappa shape index (κ2) is 3.15. The summed E-state index contributed by atoms with van der Waals surface area (Å²) in [6, 6.07) is 0. The first kappa shape index (κ1) is 6.99. The van der Waals surface area contributed by atoms with E-state index in [4.69, 9.17) is 9.84 Å². The molecule has 1 saturated heterocycles. The van der Waals surface area contributed by atoms with Crippen LogP contribution in [0.3, 0.4) is 0 Å². The van der Waals surface area contributed by atoms with E-state index in [9.17, 15) is 0 Å². The first-order chi connectivity index (χ1) is 4.30. The number of rotatable bonds is 1. The SMILES string of the molecule is CC(O)[NH+]1CCOCC1. The van der Waals surface area contributed by atoms with Gasteiger partial charge in [0.25, 0.3) is 0 Å². The van der Waals surface area contributed by atoms with E-state index in [1.807, 2.05) is 6.92 Å². The van der Waals surface area contributed by atoms with Crippen LogP contribution in [-0.2, 0) is 4.74 Å². The van der Waals surface area contributed by atoms with Gasteiger partial charge in [-0.1, -0.05) is 0 Å². The van der Waals surface area contributed by atoms with Crippen molar-refractivity contribution in [3.8, 4) is 0 Å². The lowest BCUT2D eigenvalue weighted by molar-refractivity contribution is -0.952. The monoisotopic (exact) mass is 132 g/mol. The highest BCUT2D eigenvalue weighted by molar-refractivity contribution is 4.38. The number of nitrogens with one attached hydrogen (secondary N) is 1. The maximum atomic E-state index is 9.08. The summed E-state index contributed by atoms with van der Waals surface area (Å²) < 4.78 is 5.12. The molecule has 0 aromatic rings. The molecule has 0 aliphatic carbocycles. The van der Waals surface area contributed by atoms with Crippen LogP contribution < -0.4 is 4.90 Å². The van der Waals surface area contributed by atoms with Crippen LogP contribution in [0.1, 0.15) is 6.92 Å². The molecule has 1 aliphatic heterocycles. The fraction of sp³-hybridized carbons (Fsp3) is 1.00. The number of hydrogen-bond acceptors (Lipinski definition) is 2. The van der Waals surface area contributed by atoms with Gasteiger partial charge in [-0.05, 0) is 0 Å². The third-order valence-electron chi connectivity index (χ3n) is 1.73. The minimum Gasteiger partial charge on any atom is -0.370 e. The summed E-state index contributed by atoms with van der Waals surface area (Å²) in [4.78, 5) is 1.24. The molecule has 2 N–H and O–H groups in total. The Morgan fingerprint density at radius 1 is 1.44 bits per heavy atom. The summed E-state index contributed by atoms with van der Waals surface area (Å²) in [6.07, 6.45) is -0.228. The highest BCUT2D eigenvalue weighted by atomic mass is 16.5. The predicted octanol–water partition coefficient (Wildman–Crippen LogP) is -1.76. The third kappa shape index (κ3) is 1.93. The van der Waals surface area contributed by atoms with Gasteiger partial charge < -0.3 is 14.7 Å². The minimum atomic E-state index is -0.228. The van der Waals surface area contributed by atoms with Crippen LogP contribution in [0.25, 0.3) is 0 Å². The van der Waals surface area contributed by atoms with E-state index in [1.165, 1.54) is 4.90 Å². The molecule has 1 fully saturated rings. The second-order valence-electron chi connectivity index (χ2n) is 2.45. The molecule has 9 heavy (non-hydrogen) atoms. The molecule has 1 atom stereocenters. The Morgan fingerprint density at radius 3 is 2.33 bits per heavy atom. The second-order valence-corrected chi connectivity index (χ2v) is 2.45. The molecule has 0 spiro atoms. The highest BCUT2D eigenvalue weighted by Crippen LogP contribution is 1.76. The van der Waals surface area contributed by atoms with Gasteiger partial charge in [0.1, 0.15) is 13.1 Å². The van der Waals surface area contributed by atoms with E-state index in [0.29, 0.717) is 0 Å². The zero-order chi connectivity index (χ0) is 6.69. The Morgan fingerprint density at radius 2 is 2.00 bits per heavy atom. The van der Waals surface area contributed by atoms with Crippen LogP contribution in [0.2, 0.25) is 0 Å². The molecule has 1 unspecified atom stereocenters. The topological polar surface area (TPSA) is 33.9 Å². The van der Waals surface area contributed by atoms with Crippen LogP contribution in [0.15, 0.2) is 0 Å². The predicted molar refractivity (Wildman–Crippen MR) is 33.2 cm³/mol. The number of ether oxygens (including phenoxy) is 1. The molecule has 3 nitrogen and oxygen atoms in total. The first-order valence-corrected chi connectivity index (χ1v) is 3.41. The molecule has 0 saturated carbocycles. The lowest BCUT2D eigenvalue weighted by Crippen LogP contribution is -3.17. The average molecular weight is 132 g/mol. The van der Waals surface area contributed by atoms with Gasteiger partial charge in [-0.15, -0.1) is 0 Å². The fourth-order valence-corrected chi connectivity index (χ4v) is 1.05. The van der Waals surface area contributed by atoms with Gasteiger partial charge in [-0.2, -0.15) is 0 Å². The summed E-state index contributed by atoms with van der Waals surface area (Å²) in [5.74, 6) is 0. The zero-order valence-corrected chi connectivity index (χ0v) is 5.76. The quantitative estimate of drug-likeness (QED) is 0.443. The molecular weight excluding hydrogens is 118 g/mol. The summed E-state index contributed by atoms with van der Waals surface area (Å²) in [6.45, 7) is 5.29. The molecule has 1 aliphatic rings. The maximum absolute atomic E-state index is 9.08. The summed E-state index contributed by atoms with van der Waals surface area (Å²) in [7, 11) is 0. The van der Waals surface area contributed by atoms with E-state index in [0.717, 1.165) is 26.3 Å². The van der Waals surface area contributed by atoms with Crippen molar-refractivity contribution in [3.05, 3.63) is 0 Å². The van der Waals surface area contributed by atoms with Crippen LogP contribution >= 0.6 is 0 Å². The number of quaternary nitrogens is 1. The molecule has 0 radical (unpaired) electrons. The van der Waals surface area contributed by atoms with Crippen molar-refractivity contribution >= 4 is 0 Å². The highest BCUT2D eigenvalue weighted by Gasteiger charge is 2.17. The van der Waals surface area contributed by atoms with Gasteiger partial charge in [-0.25, -0.2) is 0 Å². The van der Waals surface area contributed by atoms with Gasteiger partial charge in [0.2, 0.25) is 0 Å². The maximum Gasteiger partial charge on any atom is 0.186 e. The van der Waals surface area contributed by atoms with Crippen molar-refractivity contribution in [3.63, 3.8) is 0 Å². The van der Waals surface area contributed by atoms with Gasteiger partial charge in [0.05, 0.1) is 13.2 Å². The molecule has 54 valence electrons. The number of aliphatic hydroxyl groups is 1. The van der Waals surface area contributed by atoms with Gasteiger partial charge in [0, 0.05) is 6.92 Å². The molecule has 0 amide bonds. The number of morpholine rings is 1. The zero-order valence-electron chi connectivity index (χ0n) is 5.76. The van der Waals surface area contributed by atoms with Crippen LogP contribution in [0.5, 0.6) is 0 Å². The van der Waals surface area contributed by atoms with Crippen molar-refractivity contribution in [2.75, 3.05) is 26.3 Å². The van der Waals surface area contributed by atoms with Crippen molar-refractivity contribution in [1.29, 1.82) is 0 Å². The first-order valence-electron chi connectivity index (χ1n) is 3.41. The lowest BCUT2D eigenvalue weighted by Gasteiger charge is -2.25. The molecule has 1 heterocycles. The Bertz CT molecular complexity index is 79.1. The summed E-state index contributed by atoms with van der Waals surface area (Å²) in [5, 5.41) is 9.08. The van der Waals surface area contributed by atoms with Gasteiger partial charge in [0.15, 0.2) is 6.23 Å². The Labute approximate surface area is 55.2 Å². The van der Waals surface area contributed by atoms with Crippen LogP contribution in [0, 0.1) is 0 Å². The normalized spacial score (nSPS) is 26.0. The van der Waals surface area contributed by atoms with E-state index in [-0.39, 0.29) is 6.23 Å². The smallest absolute Gasteiger partial charge is 0.186 e. The largest absolute Gasteiger partial charge is 0.370 e. The van der Waals surface area contributed by atoms with Crippen molar-refractivity contribution in [2.45, 2.75) is 13.2 Å². The number of aliphatic hydroxyl groups excluding tert-OH is 1. The fourth-order valence-electron chi connectivity index (χ4n) is 1.05. The van der Waals surface area contributed by atoms with Gasteiger partial charge in [-0.3, -0.25) is 0 Å². The molecule has 0 bridgehead atoms. The molecule has 3 heteroatoms. The summed E-state index contributed by atoms with van der Waals surface area (Å²) >= 11 is 0. The average Bonchev–Trinajstić information content (AvgIpc) is 1.90. The minimum absolute atomic E-state index is 0.228. The number of hydrogen-bond donors (Lipinski definition) is 2. The summed E-state index contributed by atoms with van der Waals surface area (Å²) in [5.41, 5.74) is 0. The Hall–Kier alpha value is -0.120. The molecule has 1 rings (SSSR count). The lowest BCUT2D eigenvalue weighted by atomic mass is 10.4. The molecular formula is C6H14NO2+. The van der Waals surface area contributed by atoms with Crippen molar-refractivity contribution in [1.82, 2.24) is 0 Å². The molecule has 0 aromatic carbocycles. The van der Waals surface area contributed by atoms with E-state index >= 15 is 0 Å². The van der Waals surface area contributed by atoms with E-state index in [1.54, 1.807) is 0 Å². The van der Waals surface area contributed by atoms with E-state index in [2.05, 4.69) is 0 Å². The van der Waals surface area contributed by atoms with E-state index < -0.39 is 0 Å². The van der Waals surface area contributed by atoms with Gasteiger partial charge >= 0.3 is 0 Å². The molecule has 0 aromatic heterocycles. The van der Waals surface area contributed by atoms with Crippen molar-refractivity contribution in [2.24, 2.45) is 0 Å². The van der Waals surface area contributed by atoms with Crippen molar-refractivity contribution < 1.29 is 14.7 Å². The standard InChI is InChI=1S/C6H13NO2/c1-6(8)7-2-4-9-5-3-7/h6,8H,2-5H2,1H3/p+1. The Balaban J connectivity index is 2.23. The van der Waals surface area contributed by atoms with Crippen LogP contribution in [0.4, 0.5) is 0 Å². The Kier molecular flexibility index (Phi) is 2.45. The third-order valence-corrected chi connectivity index (χ3v) is 1.73. The van der Waals surface area contributed by atoms with Crippen LogP contribution in [-0.4, -0.2) is 37.6 Å².